The summed E-state index contributed by atoms with van der Waals surface area (Å²) in [6.07, 6.45) is 2.48. The van der Waals surface area contributed by atoms with Crippen molar-refractivity contribution in [1.29, 1.82) is 0 Å². The van der Waals surface area contributed by atoms with E-state index in [1.165, 1.54) is 14.2 Å². The van der Waals surface area contributed by atoms with Crippen molar-refractivity contribution < 1.29 is 23.8 Å². The number of nitrogens with one attached hydrogen (secondary N) is 1. The Morgan fingerprint density at radius 3 is 2.19 bits per heavy atom. The fraction of sp³-hybridized carbons (Fsp3) is 0.200. The van der Waals surface area contributed by atoms with Gasteiger partial charge in [-0.15, -0.1) is 0 Å². The first kappa shape index (κ1) is 17.5. The molecule has 1 heterocycles. The molecule has 3 rings (SSSR count). The number of rotatable bonds is 5. The summed E-state index contributed by atoms with van der Waals surface area (Å²) in [4.78, 5) is 26.7. The molecule has 0 atom stereocenters. The van der Waals surface area contributed by atoms with Crippen molar-refractivity contribution in [3.05, 3.63) is 64.8 Å². The van der Waals surface area contributed by atoms with Crippen molar-refractivity contribution in [2.45, 2.75) is 6.42 Å². The van der Waals surface area contributed by atoms with Crippen LogP contribution in [0.5, 0.6) is 5.75 Å². The van der Waals surface area contributed by atoms with Gasteiger partial charge in [0.25, 0.3) is 0 Å². The highest BCUT2D eigenvalue weighted by Crippen LogP contribution is 2.28. The number of aromatic amines is 1. The van der Waals surface area contributed by atoms with Crippen LogP contribution in [0.15, 0.2) is 42.6 Å². The van der Waals surface area contributed by atoms with Gasteiger partial charge in [-0.25, -0.2) is 9.59 Å². The van der Waals surface area contributed by atoms with Gasteiger partial charge in [-0.1, -0.05) is 6.07 Å². The molecular weight excluding hydrogens is 334 g/mol. The molecule has 134 valence electrons. The van der Waals surface area contributed by atoms with Gasteiger partial charge in [0.2, 0.25) is 0 Å². The molecule has 1 aromatic heterocycles. The Hall–Kier alpha value is -3.28. The first-order valence-corrected chi connectivity index (χ1v) is 8.01. The lowest BCUT2D eigenvalue weighted by Crippen LogP contribution is -2.03. The summed E-state index contributed by atoms with van der Waals surface area (Å²) in [5.74, 6) is -0.185. The number of aromatic nitrogens is 1. The second kappa shape index (κ2) is 7.31. The third kappa shape index (κ3) is 3.26. The molecule has 0 radical (unpaired) electrons. The van der Waals surface area contributed by atoms with Crippen molar-refractivity contribution in [1.82, 2.24) is 4.98 Å². The Morgan fingerprint density at radius 2 is 1.54 bits per heavy atom. The molecule has 0 saturated heterocycles. The van der Waals surface area contributed by atoms with E-state index in [0.717, 1.165) is 22.0 Å². The molecule has 0 amide bonds. The lowest BCUT2D eigenvalue weighted by Gasteiger charge is -2.10. The lowest BCUT2D eigenvalue weighted by atomic mass is 10.0. The van der Waals surface area contributed by atoms with E-state index in [-0.39, 0.29) is 5.97 Å². The van der Waals surface area contributed by atoms with Crippen LogP contribution in [0.4, 0.5) is 0 Å². The predicted octanol–water partition coefficient (Wildman–Crippen LogP) is 3.34. The average Bonchev–Trinajstić information content (AvgIpc) is 3.09. The molecule has 6 heteroatoms. The topological polar surface area (TPSA) is 77.6 Å². The molecule has 3 aromatic rings. The Bertz CT molecular complexity index is 973. The second-order valence-electron chi connectivity index (χ2n) is 5.76. The summed E-state index contributed by atoms with van der Waals surface area (Å²) in [6.45, 7) is 0. The monoisotopic (exact) mass is 353 g/mol. The second-order valence-corrected chi connectivity index (χ2v) is 5.76. The van der Waals surface area contributed by atoms with Gasteiger partial charge >= 0.3 is 11.9 Å². The van der Waals surface area contributed by atoms with Gasteiger partial charge in [-0.3, -0.25) is 0 Å². The van der Waals surface area contributed by atoms with Crippen molar-refractivity contribution in [2.75, 3.05) is 21.3 Å². The Balaban J connectivity index is 1.98. The van der Waals surface area contributed by atoms with E-state index in [2.05, 4.69) is 4.98 Å². The van der Waals surface area contributed by atoms with E-state index in [1.807, 2.05) is 24.4 Å². The predicted molar refractivity (Wildman–Crippen MR) is 96.8 cm³/mol. The minimum atomic E-state index is -0.412. The van der Waals surface area contributed by atoms with Gasteiger partial charge in [0.15, 0.2) is 0 Å². The van der Waals surface area contributed by atoms with Crippen LogP contribution in [-0.2, 0) is 15.9 Å². The SMILES string of the molecule is COC(=O)c1ccc(Cc2c[nH]c3ccc(C(=O)OC)cc23)c(OC)c1. The highest BCUT2D eigenvalue weighted by Gasteiger charge is 2.14. The quantitative estimate of drug-likeness (QED) is 0.712. The Kier molecular flexibility index (Phi) is 4.93. The van der Waals surface area contributed by atoms with Crippen molar-refractivity contribution in [3.63, 3.8) is 0 Å². The number of carbonyl (C=O) groups excluding carboxylic acids is 2. The molecule has 0 fully saturated rings. The first-order chi connectivity index (χ1) is 12.6. The fourth-order valence-corrected chi connectivity index (χ4v) is 2.91. The van der Waals surface area contributed by atoms with Crippen molar-refractivity contribution >= 4 is 22.8 Å². The molecule has 2 aromatic carbocycles. The van der Waals surface area contributed by atoms with Crippen molar-refractivity contribution in [2.24, 2.45) is 0 Å². The van der Waals surface area contributed by atoms with Crippen LogP contribution >= 0.6 is 0 Å². The largest absolute Gasteiger partial charge is 0.496 e. The van der Waals surface area contributed by atoms with Crippen LogP contribution in [-0.4, -0.2) is 38.3 Å². The zero-order valence-electron chi connectivity index (χ0n) is 14.8. The van der Waals surface area contributed by atoms with Crippen LogP contribution in [0.25, 0.3) is 10.9 Å². The van der Waals surface area contributed by atoms with E-state index >= 15 is 0 Å². The number of fused-ring (bicyclic) bond motifs is 1. The highest BCUT2D eigenvalue weighted by atomic mass is 16.5. The number of ether oxygens (including phenoxy) is 3. The Labute approximate surface area is 150 Å². The molecule has 0 unspecified atom stereocenters. The summed E-state index contributed by atoms with van der Waals surface area (Å²) >= 11 is 0. The third-order valence-corrected chi connectivity index (χ3v) is 4.28. The van der Waals surface area contributed by atoms with Gasteiger partial charge in [0.1, 0.15) is 5.75 Å². The third-order valence-electron chi connectivity index (χ3n) is 4.28. The maximum absolute atomic E-state index is 11.8. The summed E-state index contributed by atoms with van der Waals surface area (Å²) in [7, 11) is 4.26. The normalized spacial score (nSPS) is 10.6. The molecule has 1 N–H and O–H groups in total. The average molecular weight is 353 g/mol. The summed E-state index contributed by atoms with van der Waals surface area (Å²) in [5.41, 5.74) is 3.78. The van der Waals surface area contributed by atoms with Crippen LogP contribution in [0.2, 0.25) is 0 Å². The van der Waals surface area contributed by atoms with Gasteiger partial charge in [0.05, 0.1) is 32.5 Å². The minimum Gasteiger partial charge on any atom is -0.496 e. The smallest absolute Gasteiger partial charge is 0.337 e. The van der Waals surface area contributed by atoms with Gasteiger partial charge in [0, 0.05) is 23.5 Å². The molecule has 6 nitrogen and oxygen atoms in total. The molecule has 0 aliphatic carbocycles. The summed E-state index contributed by atoms with van der Waals surface area (Å²) < 4.78 is 15.0. The van der Waals surface area contributed by atoms with Crippen LogP contribution in [0.3, 0.4) is 0 Å². The molecule has 0 spiro atoms. The van der Waals surface area contributed by atoms with Gasteiger partial charge in [-0.2, -0.15) is 0 Å². The van der Waals surface area contributed by atoms with Gasteiger partial charge < -0.3 is 19.2 Å². The molecule has 0 aliphatic rings. The van der Waals surface area contributed by atoms with E-state index in [1.54, 1.807) is 25.3 Å². The maximum Gasteiger partial charge on any atom is 0.337 e. The number of methoxy groups -OCH3 is 3. The minimum absolute atomic E-state index is 0.376. The number of hydrogen-bond acceptors (Lipinski definition) is 5. The number of H-pyrrole nitrogens is 1. The van der Waals surface area contributed by atoms with E-state index in [9.17, 15) is 9.59 Å². The van der Waals surface area contributed by atoms with Crippen LogP contribution < -0.4 is 4.74 Å². The number of benzene rings is 2. The van der Waals surface area contributed by atoms with Crippen LogP contribution in [0.1, 0.15) is 31.8 Å². The molecule has 0 aliphatic heterocycles. The maximum atomic E-state index is 11.8. The fourth-order valence-electron chi connectivity index (χ4n) is 2.91. The number of carbonyl (C=O) groups is 2. The molecule has 0 bridgehead atoms. The molecular formula is C20H19NO5. The van der Waals surface area contributed by atoms with Crippen molar-refractivity contribution in [3.8, 4) is 5.75 Å². The van der Waals surface area contributed by atoms with E-state index in [4.69, 9.17) is 14.2 Å². The number of esters is 2. The standard InChI is InChI=1S/C20H19NO5/c1-24-18-10-14(20(23)26-3)5-4-12(18)8-15-11-21-17-7-6-13(9-16(15)17)19(22)25-2/h4-7,9-11,21H,8H2,1-3H3. The zero-order valence-corrected chi connectivity index (χ0v) is 14.8. The summed E-state index contributed by atoms with van der Waals surface area (Å²) in [5, 5.41) is 0.937. The first-order valence-electron chi connectivity index (χ1n) is 8.01. The van der Waals surface area contributed by atoms with Gasteiger partial charge in [-0.05, 0) is 41.5 Å². The molecule has 0 saturated carbocycles. The highest BCUT2D eigenvalue weighted by molar-refractivity contribution is 5.95. The van der Waals surface area contributed by atoms with E-state index in [0.29, 0.717) is 23.3 Å². The Morgan fingerprint density at radius 1 is 0.885 bits per heavy atom. The number of hydrogen-bond donors (Lipinski definition) is 1. The lowest BCUT2D eigenvalue weighted by molar-refractivity contribution is 0.0592. The molecule has 26 heavy (non-hydrogen) atoms. The van der Waals surface area contributed by atoms with E-state index < -0.39 is 5.97 Å². The summed E-state index contributed by atoms with van der Waals surface area (Å²) in [6, 6.07) is 10.6. The van der Waals surface area contributed by atoms with Crippen LogP contribution in [0, 0.1) is 0 Å². The zero-order chi connectivity index (χ0) is 18.7.